The Morgan fingerprint density at radius 1 is 1.00 bits per heavy atom. The maximum Gasteiger partial charge on any atom is 0.331 e. The van der Waals surface area contributed by atoms with Crippen LogP contribution in [0.1, 0.15) is 26.7 Å². The molecule has 0 unspecified atom stereocenters. The molecule has 0 saturated heterocycles. The number of rotatable bonds is 6. The van der Waals surface area contributed by atoms with Crippen LogP contribution in [0.3, 0.4) is 0 Å². The van der Waals surface area contributed by atoms with Crippen molar-refractivity contribution in [2.24, 2.45) is 9.32 Å². The molecule has 0 aromatic heterocycles. The van der Waals surface area contributed by atoms with Crippen LogP contribution in [0, 0.1) is 0 Å². The Morgan fingerprint density at radius 3 is 1.62 bits per heavy atom. The van der Waals surface area contributed by atoms with Gasteiger partial charge in [0.25, 0.3) is 0 Å². The van der Waals surface area contributed by atoms with Crippen molar-refractivity contribution in [2.75, 3.05) is 0 Å². The summed E-state index contributed by atoms with van der Waals surface area (Å²) in [6.07, 6.45) is 4.81. The molecule has 0 rings (SSSR count). The summed E-state index contributed by atoms with van der Waals surface area (Å²) in [7, 11) is -2.39. The van der Waals surface area contributed by atoms with E-state index in [-0.39, 0.29) is 0 Å². The highest BCUT2D eigenvalue weighted by atomic mass is 28.3. The topological polar surface area (TPSA) is 58.9 Å². The Bertz CT molecular complexity index is 217. The van der Waals surface area contributed by atoms with Gasteiger partial charge in [0.2, 0.25) is 12.2 Å². The molecule has 0 aliphatic carbocycles. The Hall–Kier alpha value is -1.02. The zero-order valence-electron chi connectivity index (χ0n) is 8.04. The maximum atomic E-state index is 10.2. The number of hydrogen-bond donors (Lipinski definition) is 0. The van der Waals surface area contributed by atoms with Crippen LogP contribution in [0.5, 0.6) is 0 Å². The predicted octanol–water partition coefficient (Wildman–Crippen LogP) is 1.92. The lowest BCUT2D eigenvalue weighted by atomic mass is 10.6. The molecule has 0 heterocycles. The molecule has 0 N–H and O–H groups in total. The maximum absolute atomic E-state index is 10.2. The summed E-state index contributed by atoms with van der Waals surface area (Å²) in [4.78, 5) is 20.4. The zero-order chi connectivity index (χ0) is 10.2. The molecular weight excluding hydrogens is 184 g/mol. The van der Waals surface area contributed by atoms with Crippen molar-refractivity contribution >= 4 is 20.6 Å². The lowest BCUT2D eigenvalue weighted by Crippen LogP contribution is -2.29. The number of hydrogen-bond acceptors (Lipinski definition) is 4. The molecule has 0 aliphatic heterocycles. The largest absolute Gasteiger partial charge is 0.331 e. The van der Waals surface area contributed by atoms with Crippen molar-refractivity contribution in [3.8, 4) is 0 Å². The predicted molar refractivity (Wildman–Crippen MR) is 52.2 cm³/mol. The molecule has 0 radical (unpaired) electrons. The molecule has 0 aromatic carbocycles. The first-order chi connectivity index (χ1) is 6.24. The van der Waals surface area contributed by atoms with Crippen LogP contribution in [-0.4, -0.2) is 20.6 Å². The second kappa shape index (κ2) is 6.49. The molecule has 0 saturated carbocycles. The SMILES string of the molecule is CCC[Si](CCC)(N=C=O)N=C=O. The molecule has 0 aromatic rings. The van der Waals surface area contributed by atoms with Crippen molar-refractivity contribution < 1.29 is 9.59 Å². The Balaban J connectivity index is 4.77. The third kappa shape index (κ3) is 3.94. The lowest BCUT2D eigenvalue weighted by molar-refractivity contribution is 0.565. The van der Waals surface area contributed by atoms with E-state index in [4.69, 9.17) is 0 Å². The van der Waals surface area contributed by atoms with Gasteiger partial charge < -0.3 is 0 Å². The van der Waals surface area contributed by atoms with Gasteiger partial charge in [-0.25, -0.2) is 18.9 Å². The van der Waals surface area contributed by atoms with Crippen LogP contribution >= 0.6 is 0 Å². The normalized spacial score (nSPS) is 10.0. The van der Waals surface area contributed by atoms with Crippen LogP contribution < -0.4 is 0 Å². The molecule has 4 nitrogen and oxygen atoms in total. The minimum atomic E-state index is -2.39. The zero-order valence-corrected chi connectivity index (χ0v) is 9.04. The molecule has 0 amide bonds. The van der Waals surface area contributed by atoms with Gasteiger partial charge in [-0.2, -0.15) is 0 Å². The van der Waals surface area contributed by atoms with Gasteiger partial charge in [-0.1, -0.05) is 26.7 Å². The van der Waals surface area contributed by atoms with Gasteiger partial charge in [0, 0.05) is 0 Å². The Labute approximate surface area is 78.9 Å². The lowest BCUT2D eigenvalue weighted by Gasteiger charge is -2.15. The third-order valence-corrected chi connectivity index (χ3v) is 5.42. The molecule has 0 spiro atoms. The van der Waals surface area contributed by atoms with Crippen molar-refractivity contribution in [2.45, 2.75) is 38.8 Å². The summed E-state index contributed by atoms with van der Waals surface area (Å²) in [5, 5.41) is 0. The van der Waals surface area contributed by atoms with E-state index in [1.54, 1.807) is 0 Å². The van der Waals surface area contributed by atoms with Gasteiger partial charge in [-0.05, 0) is 12.1 Å². The molecule has 0 aliphatic rings. The van der Waals surface area contributed by atoms with Gasteiger partial charge in [0.15, 0.2) is 0 Å². The van der Waals surface area contributed by atoms with E-state index in [0.717, 1.165) is 24.9 Å². The minimum absolute atomic E-state index is 0.728. The summed E-state index contributed by atoms with van der Waals surface area (Å²) in [5.74, 6) is 0. The van der Waals surface area contributed by atoms with E-state index in [0.29, 0.717) is 0 Å². The fourth-order valence-corrected chi connectivity index (χ4v) is 4.03. The molecule has 0 bridgehead atoms. The van der Waals surface area contributed by atoms with E-state index in [1.165, 1.54) is 12.2 Å². The molecule has 0 fully saturated rings. The average Bonchev–Trinajstić information content (AvgIpc) is 2.06. The summed E-state index contributed by atoms with van der Waals surface area (Å²) in [5.41, 5.74) is 0. The highest BCUT2D eigenvalue weighted by molar-refractivity contribution is 6.77. The van der Waals surface area contributed by atoms with Crippen LogP contribution in [0.15, 0.2) is 9.32 Å². The van der Waals surface area contributed by atoms with E-state index in [1.807, 2.05) is 13.8 Å². The highest BCUT2D eigenvalue weighted by Crippen LogP contribution is 2.21. The number of carbonyl (C=O) groups excluding carboxylic acids is 2. The Morgan fingerprint density at radius 2 is 1.38 bits per heavy atom. The number of isocyanates is 2. The summed E-state index contributed by atoms with van der Waals surface area (Å²) in [6, 6.07) is 1.46. The van der Waals surface area contributed by atoms with E-state index < -0.39 is 8.40 Å². The van der Waals surface area contributed by atoms with Crippen LogP contribution in [0.4, 0.5) is 0 Å². The average molecular weight is 198 g/mol. The second-order valence-electron chi connectivity index (χ2n) is 2.89. The molecule has 72 valence electrons. The first-order valence-electron chi connectivity index (χ1n) is 4.42. The van der Waals surface area contributed by atoms with E-state index >= 15 is 0 Å². The third-order valence-electron chi connectivity index (χ3n) is 1.81. The van der Waals surface area contributed by atoms with Crippen molar-refractivity contribution in [3.63, 3.8) is 0 Å². The number of nitrogens with zero attached hydrogens (tertiary/aromatic N) is 2. The summed E-state index contributed by atoms with van der Waals surface area (Å²) < 4.78 is 7.46. The summed E-state index contributed by atoms with van der Waals surface area (Å²) in [6.45, 7) is 3.97. The van der Waals surface area contributed by atoms with Gasteiger partial charge >= 0.3 is 8.40 Å². The first kappa shape index (κ1) is 12.0. The second-order valence-corrected chi connectivity index (χ2v) is 6.30. The minimum Gasteiger partial charge on any atom is -0.218 e. The van der Waals surface area contributed by atoms with Crippen molar-refractivity contribution in [1.29, 1.82) is 0 Å². The summed E-state index contributed by atoms with van der Waals surface area (Å²) >= 11 is 0. The highest BCUT2D eigenvalue weighted by Gasteiger charge is 2.32. The monoisotopic (exact) mass is 198 g/mol. The van der Waals surface area contributed by atoms with Gasteiger partial charge in [-0.15, -0.1) is 0 Å². The van der Waals surface area contributed by atoms with Crippen molar-refractivity contribution in [3.05, 3.63) is 0 Å². The molecule has 5 heteroatoms. The van der Waals surface area contributed by atoms with Crippen molar-refractivity contribution in [1.82, 2.24) is 0 Å². The van der Waals surface area contributed by atoms with Gasteiger partial charge in [0.05, 0.1) is 0 Å². The molecular formula is C8H14N2O2Si. The van der Waals surface area contributed by atoms with Gasteiger partial charge in [0.1, 0.15) is 0 Å². The van der Waals surface area contributed by atoms with Crippen LogP contribution in [0.25, 0.3) is 0 Å². The van der Waals surface area contributed by atoms with Crippen LogP contribution in [-0.2, 0) is 9.59 Å². The van der Waals surface area contributed by atoms with E-state index in [2.05, 4.69) is 9.32 Å². The molecule has 0 atom stereocenters. The first-order valence-corrected chi connectivity index (χ1v) is 6.73. The van der Waals surface area contributed by atoms with E-state index in [9.17, 15) is 9.59 Å². The van der Waals surface area contributed by atoms with Crippen LogP contribution in [0.2, 0.25) is 12.1 Å². The molecule has 13 heavy (non-hydrogen) atoms. The smallest absolute Gasteiger partial charge is 0.218 e. The quantitative estimate of drug-likeness (QED) is 0.372. The fraction of sp³-hybridized carbons (Fsp3) is 0.750. The standard InChI is InChI=1S/C8H14N2O2Si/c1-3-5-13(6-4-2,9-7-11)10-8-12/h3-6H2,1-2H3. The Kier molecular flexibility index (Phi) is 5.98. The fourth-order valence-electron chi connectivity index (χ4n) is 1.34. The van der Waals surface area contributed by atoms with Gasteiger partial charge in [-0.3, -0.25) is 0 Å².